The molecule has 11 heavy (non-hydrogen) atoms. The van der Waals surface area contributed by atoms with Crippen LogP contribution in [0.25, 0.3) is 0 Å². The van der Waals surface area contributed by atoms with Crippen LogP contribution in [0, 0.1) is 0 Å². The summed E-state index contributed by atoms with van der Waals surface area (Å²) in [5.74, 6) is 0. The minimum Gasteiger partial charge on any atom is -0.373 e. The Bertz CT molecular complexity index is 122. The molecule has 1 aliphatic heterocycles. The Morgan fingerprint density at radius 1 is 0.818 bits per heavy atom. The molecule has 0 aromatic heterocycles. The van der Waals surface area contributed by atoms with E-state index in [4.69, 9.17) is 9.47 Å². The molecular weight excluding hydrogens is 140 g/mol. The summed E-state index contributed by atoms with van der Waals surface area (Å²) in [6, 6.07) is 0. The van der Waals surface area contributed by atoms with Crippen LogP contribution in [-0.4, -0.2) is 24.4 Å². The van der Waals surface area contributed by atoms with Crippen molar-refractivity contribution in [3.63, 3.8) is 0 Å². The van der Waals surface area contributed by atoms with Crippen molar-refractivity contribution in [3.05, 3.63) is 0 Å². The van der Waals surface area contributed by atoms with Gasteiger partial charge in [-0.15, -0.1) is 0 Å². The van der Waals surface area contributed by atoms with Gasteiger partial charge >= 0.3 is 0 Å². The van der Waals surface area contributed by atoms with E-state index < -0.39 is 0 Å². The van der Waals surface area contributed by atoms with Crippen molar-refractivity contribution in [1.82, 2.24) is 0 Å². The van der Waals surface area contributed by atoms with Crippen LogP contribution in [0.4, 0.5) is 0 Å². The summed E-state index contributed by atoms with van der Waals surface area (Å²) in [6.07, 6.45) is 1.01. The summed E-state index contributed by atoms with van der Waals surface area (Å²) >= 11 is 0. The topological polar surface area (TPSA) is 18.5 Å². The van der Waals surface area contributed by atoms with E-state index in [1.807, 2.05) is 0 Å². The standard InChI is InChI=1S/C9H18O2/c1-8(2)9(3,4)11-7-5-6-10-8/h5-7H2,1-4H3. The van der Waals surface area contributed by atoms with Crippen molar-refractivity contribution in [3.8, 4) is 0 Å². The van der Waals surface area contributed by atoms with Crippen molar-refractivity contribution < 1.29 is 9.47 Å². The molecule has 0 aliphatic carbocycles. The summed E-state index contributed by atoms with van der Waals surface area (Å²) in [4.78, 5) is 0. The quantitative estimate of drug-likeness (QED) is 0.536. The summed E-state index contributed by atoms with van der Waals surface area (Å²) in [6.45, 7) is 9.96. The van der Waals surface area contributed by atoms with Crippen molar-refractivity contribution >= 4 is 0 Å². The maximum atomic E-state index is 5.68. The molecule has 0 unspecified atom stereocenters. The highest BCUT2D eigenvalue weighted by atomic mass is 16.6. The molecule has 0 N–H and O–H groups in total. The molecule has 0 saturated carbocycles. The first-order chi connectivity index (χ1) is 4.96. The molecule has 0 bridgehead atoms. The lowest BCUT2D eigenvalue weighted by Gasteiger charge is -2.38. The van der Waals surface area contributed by atoms with Gasteiger partial charge in [0.05, 0.1) is 11.2 Å². The third-order valence-electron chi connectivity index (χ3n) is 2.66. The zero-order chi connectivity index (χ0) is 8.54. The molecule has 0 atom stereocenters. The van der Waals surface area contributed by atoms with Crippen molar-refractivity contribution in [2.45, 2.75) is 45.3 Å². The first-order valence-electron chi connectivity index (χ1n) is 4.24. The summed E-state index contributed by atoms with van der Waals surface area (Å²) in [5.41, 5.74) is -0.326. The maximum Gasteiger partial charge on any atom is 0.0909 e. The van der Waals surface area contributed by atoms with E-state index in [-0.39, 0.29) is 11.2 Å². The number of rotatable bonds is 0. The van der Waals surface area contributed by atoms with Crippen molar-refractivity contribution in [2.75, 3.05) is 13.2 Å². The van der Waals surface area contributed by atoms with Gasteiger partial charge in [-0.1, -0.05) is 0 Å². The van der Waals surface area contributed by atoms with Gasteiger partial charge in [0.15, 0.2) is 0 Å². The van der Waals surface area contributed by atoms with E-state index in [0.717, 1.165) is 19.6 Å². The van der Waals surface area contributed by atoms with Crippen molar-refractivity contribution in [2.24, 2.45) is 0 Å². The SMILES string of the molecule is CC1(C)OCCCOC1(C)C. The van der Waals surface area contributed by atoms with Gasteiger partial charge in [0.1, 0.15) is 0 Å². The Morgan fingerprint density at radius 3 is 1.55 bits per heavy atom. The first kappa shape index (κ1) is 9.01. The van der Waals surface area contributed by atoms with Crippen LogP contribution < -0.4 is 0 Å². The highest BCUT2D eigenvalue weighted by Gasteiger charge is 2.40. The van der Waals surface area contributed by atoms with Gasteiger partial charge in [-0.25, -0.2) is 0 Å². The number of hydrogen-bond acceptors (Lipinski definition) is 2. The fraction of sp³-hybridized carbons (Fsp3) is 1.00. The average molecular weight is 158 g/mol. The van der Waals surface area contributed by atoms with Crippen LogP contribution in [0.5, 0.6) is 0 Å². The van der Waals surface area contributed by atoms with Gasteiger partial charge in [-0.05, 0) is 34.1 Å². The number of hydrogen-bond donors (Lipinski definition) is 0. The van der Waals surface area contributed by atoms with Crippen LogP contribution >= 0.6 is 0 Å². The molecule has 1 aliphatic rings. The van der Waals surface area contributed by atoms with E-state index in [2.05, 4.69) is 27.7 Å². The summed E-state index contributed by atoms with van der Waals surface area (Å²) in [5, 5.41) is 0. The van der Waals surface area contributed by atoms with Gasteiger partial charge in [-0.2, -0.15) is 0 Å². The molecule has 66 valence electrons. The Labute approximate surface area is 68.9 Å². The second kappa shape index (κ2) is 2.76. The van der Waals surface area contributed by atoms with E-state index in [1.165, 1.54) is 0 Å². The Balaban J connectivity index is 2.72. The molecule has 2 heteroatoms. The van der Waals surface area contributed by atoms with Crippen molar-refractivity contribution in [1.29, 1.82) is 0 Å². The third kappa shape index (κ3) is 1.74. The third-order valence-corrected chi connectivity index (χ3v) is 2.66. The fourth-order valence-corrected chi connectivity index (χ4v) is 1.06. The predicted molar refractivity (Wildman–Crippen MR) is 44.7 cm³/mol. The Hall–Kier alpha value is -0.0800. The minimum atomic E-state index is -0.163. The van der Waals surface area contributed by atoms with Crippen LogP contribution in [-0.2, 0) is 9.47 Å². The molecular formula is C9H18O2. The Kier molecular flexibility index (Phi) is 2.26. The first-order valence-corrected chi connectivity index (χ1v) is 4.24. The van der Waals surface area contributed by atoms with Gasteiger partial charge in [0.2, 0.25) is 0 Å². The maximum absolute atomic E-state index is 5.68. The molecule has 0 radical (unpaired) electrons. The molecule has 0 aromatic rings. The molecule has 1 saturated heterocycles. The van der Waals surface area contributed by atoms with Gasteiger partial charge in [0.25, 0.3) is 0 Å². The number of ether oxygens (including phenoxy) is 2. The largest absolute Gasteiger partial charge is 0.373 e. The molecule has 0 aromatic carbocycles. The average Bonchev–Trinajstić information content (AvgIpc) is 1.94. The van der Waals surface area contributed by atoms with E-state index in [1.54, 1.807) is 0 Å². The van der Waals surface area contributed by atoms with E-state index >= 15 is 0 Å². The lowest BCUT2D eigenvalue weighted by atomic mass is 9.89. The Morgan fingerprint density at radius 2 is 1.18 bits per heavy atom. The van der Waals surface area contributed by atoms with Crippen LogP contribution in [0.2, 0.25) is 0 Å². The van der Waals surface area contributed by atoms with Crippen LogP contribution in [0.3, 0.4) is 0 Å². The van der Waals surface area contributed by atoms with Crippen LogP contribution in [0.15, 0.2) is 0 Å². The van der Waals surface area contributed by atoms with Gasteiger partial charge < -0.3 is 9.47 Å². The van der Waals surface area contributed by atoms with E-state index in [9.17, 15) is 0 Å². The lowest BCUT2D eigenvalue weighted by Crippen LogP contribution is -2.48. The predicted octanol–water partition coefficient (Wildman–Crippen LogP) is 1.98. The summed E-state index contributed by atoms with van der Waals surface area (Å²) < 4.78 is 11.4. The highest BCUT2D eigenvalue weighted by Crippen LogP contribution is 2.31. The second-order valence-corrected chi connectivity index (χ2v) is 4.07. The molecule has 0 amide bonds. The van der Waals surface area contributed by atoms with Crippen LogP contribution in [0.1, 0.15) is 34.1 Å². The molecule has 1 rings (SSSR count). The lowest BCUT2D eigenvalue weighted by molar-refractivity contribution is -0.147. The normalized spacial score (nSPS) is 29.5. The minimum absolute atomic E-state index is 0.163. The second-order valence-electron chi connectivity index (χ2n) is 4.07. The summed E-state index contributed by atoms with van der Waals surface area (Å²) in [7, 11) is 0. The zero-order valence-electron chi connectivity index (χ0n) is 7.94. The van der Waals surface area contributed by atoms with E-state index in [0.29, 0.717) is 0 Å². The monoisotopic (exact) mass is 158 g/mol. The van der Waals surface area contributed by atoms with Gasteiger partial charge in [0, 0.05) is 13.2 Å². The molecule has 0 spiro atoms. The molecule has 1 fully saturated rings. The smallest absolute Gasteiger partial charge is 0.0909 e. The molecule has 2 nitrogen and oxygen atoms in total. The van der Waals surface area contributed by atoms with Gasteiger partial charge in [-0.3, -0.25) is 0 Å². The fourth-order valence-electron chi connectivity index (χ4n) is 1.06. The zero-order valence-corrected chi connectivity index (χ0v) is 7.94. The molecule has 1 heterocycles. The highest BCUT2D eigenvalue weighted by molar-refractivity contribution is 4.90.